The average Bonchev–Trinajstić information content (AvgIpc) is 3.11. The lowest BCUT2D eigenvalue weighted by Gasteiger charge is -2.44. The van der Waals surface area contributed by atoms with Crippen LogP contribution < -0.4 is 0 Å². The standard InChI is InChI=1S/C25H42O3/c1-17(7-5-13-24(2,3)28)20-11-12-21-19(8-6-14-25(20,21)4)10-9-18-15-22(26)23(27)16-18/h9-10,17,20-23,26-28H,5-8,11-16H2,1-4H3/b19-10+/t17-,20-,21+,22-,23-,25-/m1/s1. The first-order valence-corrected chi connectivity index (χ1v) is 11.6. The maximum Gasteiger partial charge on any atom is 0.0839 e. The summed E-state index contributed by atoms with van der Waals surface area (Å²) in [5, 5.41) is 29.6. The molecular formula is C25H42O3. The van der Waals surface area contributed by atoms with Crippen molar-refractivity contribution >= 4 is 0 Å². The van der Waals surface area contributed by atoms with E-state index in [9.17, 15) is 15.3 Å². The van der Waals surface area contributed by atoms with Crippen LogP contribution in [0.5, 0.6) is 0 Å². The number of fused-ring (bicyclic) bond motifs is 1. The molecule has 3 fully saturated rings. The molecule has 3 aliphatic rings. The lowest BCUT2D eigenvalue weighted by molar-refractivity contribution is 0.0438. The minimum absolute atomic E-state index is 0.408. The van der Waals surface area contributed by atoms with Crippen LogP contribution in [0, 0.1) is 23.2 Å². The number of allylic oxidation sites excluding steroid dienone is 3. The number of hydrogen-bond donors (Lipinski definition) is 3. The highest BCUT2D eigenvalue weighted by Gasteiger charge is 2.50. The van der Waals surface area contributed by atoms with Crippen LogP contribution in [0.15, 0.2) is 23.3 Å². The van der Waals surface area contributed by atoms with E-state index in [-0.39, 0.29) is 0 Å². The van der Waals surface area contributed by atoms with E-state index in [0.717, 1.165) is 24.7 Å². The normalized spacial score (nSPS) is 38.7. The van der Waals surface area contributed by atoms with E-state index < -0.39 is 17.8 Å². The zero-order chi connectivity index (χ0) is 20.5. The molecule has 0 heterocycles. The molecule has 0 radical (unpaired) electrons. The summed E-state index contributed by atoms with van der Waals surface area (Å²) >= 11 is 0. The number of rotatable bonds is 6. The van der Waals surface area contributed by atoms with Gasteiger partial charge in [-0.15, -0.1) is 0 Å². The van der Waals surface area contributed by atoms with Crippen LogP contribution in [-0.2, 0) is 0 Å². The highest BCUT2D eigenvalue weighted by atomic mass is 16.3. The lowest BCUT2D eigenvalue weighted by atomic mass is 9.60. The van der Waals surface area contributed by atoms with E-state index in [0.29, 0.717) is 24.2 Å². The van der Waals surface area contributed by atoms with Gasteiger partial charge in [-0.25, -0.2) is 0 Å². The summed E-state index contributed by atoms with van der Waals surface area (Å²) in [6.45, 7) is 8.80. The Morgan fingerprint density at radius 3 is 2.46 bits per heavy atom. The van der Waals surface area contributed by atoms with Gasteiger partial charge >= 0.3 is 0 Å². The van der Waals surface area contributed by atoms with E-state index >= 15 is 0 Å². The first-order valence-electron chi connectivity index (χ1n) is 11.6. The molecular weight excluding hydrogens is 348 g/mol. The van der Waals surface area contributed by atoms with Crippen LogP contribution in [0.2, 0.25) is 0 Å². The Morgan fingerprint density at radius 1 is 1.14 bits per heavy atom. The second kappa shape index (κ2) is 8.62. The largest absolute Gasteiger partial charge is 0.390 e. The van der Waals surface area contributed by atoms with Gasteiger partial charge < -0.3 is 15.3 Å². The predicted octanol–water partition coefficient (Wildman–Crippen LogP) is 5.15. The summed E-state index contributed by atoms with van der Waals surface area (Å²) in [5.41, 5.74) is 2.65. The van der Waals surface area contributed by atoms with E-state index in [4.69, 9.17) is 0 Å². The molecule has 0 saturated heterocycles. The molecule has 3 saturated carbocycles. The summed E-state index contributed by atoms with van der Waals surface area (Å²) < 4.78 is 0. The zero-order valence-electron chi connectivity index (χ0n) is 18.5. The topological polar surface area (TPSA) is 60.7 Å². The summed E-state index contributed by atoms with van der Waals surface area (Å²) in [6.07, 6.45) is 14.3. The lowest BCUT2D eigenvalue weighted by Crippen LogP contribution is -2.36. The SMILES string of the molecule is C[C@H](CCCC(C)(C)O)[C@H]1CC[C@H]2/C(=C/C=C3C[C@@H](O)[C@H](O)C3)CCC[C@]12C. The molecule has 3 N–H and O–H groups in total. The van der Waals surface area contributed by atoms with E-state index in [1.807, 2.05) is 13.8 Å². The van der Waals surface area contributed by atoms with Crippen LogP contribution in [0.4, 0.5) is 0 Å². The fourth-order valence-electron chi connectivity index (χ4n) is 6.53. The molecule has 0 aromatic heterocycles. The van der Waals surface area contributed by atoms with Crippen LogP contribution in [0.1, 0.15) is 91.9 Å². The van der Waals surface area contributed by atoms with Crippen LogP contribution in [0.25, 0.3) is 0 Å². The van der Waals surface area contributed by atoms with Crippen molar-refractivity contribution in [3.05, 3.63) is 23.3 Å². The van der Waals surface area contributed by atoms with Gasteiger partial charge in [0.25, 0.3) is 0 Å². The molecule has 0 spiro atoms. The van der Waals surface area contributed by atoms with Crippen molar-refractivity contribution in [2.75, 3.05) is 0 Å². The maximum absolute atomic E-state index is 10.0. The molecule has 0 amide bonds. The first kappa shape index (κ1) is 22.1. The highest BCUT2D eigenvalue weighted by Crippen LogP contribution is 2.59. The molecule has 0 aromatic rings. The van der Waals surface area contributed by atoms with Crippen molar-refractivity contribution in [3.8, 4) is 0 Å². The van der Waals surface area contributed by atoms with E-state index in [1.54, 1.807) is 5.57 Å². The highest BCUT2D eigenvalue weighted by molar-refractivity contribution is 5.27. The molecule has 3 nitrogen and oxygen atoms in total. The Bertz CT molecular complexity index is 587. The molecule has 0 unspecified atom stereocenters. The van der Waals surface area contributed by atoms with E-state index in [1.165, 1.54) is 44.1 Å². The first-order chi connectivity index (χ1) is 13.1. The van der Waals surface area contributed by atoms with Gasteiger partial charge in [-0.2, -0.15) is 0 Å². The fraction of sp³-hybridized carbons (Fsp3) is 0.840. The molecule has 6 atom stereocenters. The Hall–Kier alpha value is -0.640. The van der Waals surface area contributed by atoms with Crippen molar-refractivity contribution in [1.29, 1.82) is 0 Å². The molecule has 28 heavy (non-hydrogen) atoms. The van der Waals surface area contributed by atoms with Crippen LogP contribution in [-0.4, -0.2) is 33.1 Å². The van der Waals surface area contributed by atoms with Gasteiger partial charge in [0.1, 0.15) is 0 Å². The van der Waals surface area contributed by atoms with Gasteiger partial charge in [0.15, 0.2) is 0 Å². The second-order valence-corrected chi connectivity index (χ2v) is 10.9. The van der Waals surface area contributed by atoms with Crippen LogP contribution in [0.3, 0.4) is 0 Å². The van der Waals surface area contributed by atoms with Gasteiger partial charge in [0.05, 0.1) is 17.8 Å². The molecule has 3 heteroatoms. The molecule has 0 aliphatic heterocycles. The zero-order valence-corrected chi connectivity index (χ0v) is 18.5. The van der Waals surface area contributed by atoms with Crippen molar-refractivity contribution in [2.45, 2.75) is 110 Å². The number of aliphatic hydroxyl groups is 3. The maximum atomic E-state index is 10.0. The van der Waals surface area contributed by atoms with Gasteiger partial charge in [-0.3, -0.25) is 0 Å². The predicted molar refractivity (Wildman–Crippen MR) is 115 cm³/mol. The Labute approximate surface area is 171 Å². The van der Waals surface area contributed by atoms with Gasteiger partial charge in [-0.1, -0.05) is 50.0 Å². The Balaban J connectivity index is 1.65. The number of aliphatic hydroxyl groups excluding tert-OH is 2. The average molecular weight is 391 g/mol. The Morgan fingerprint density at radius 2 is 1.82 bits per heavy atom. The van der Waals surface area contributed by atoms with Gasteiger partial charge in [0, 0.05) is 0 Å². The molecule has 3 rings (SSSR count). The van der Waals surface area contributed by atoms with Crippen molar-refractivity contribution in [2.24, 2.45) is 23.2 Å². The second-order valence-electron chi connectivity index (χ2n) is 10.9. The summed E-state index contributed by atoms with van der Waals surface area (Å²) in [5.74, 6) is 2.19. The summed E-state index contributed by atoms with van der Waals surface area (Å²) in [7, 11) is 0. The molecule has 160 valence electrons. The van der Waals surface area contributed by atoms with E-state index in [2.05, 4.69) is 26.0 Å². The van der Waals surface area contributed by atoms with Crippen molar-refractivity contribution in [1.82, 2.24) is 0 Å². The fourth-order valence-corrected chi connectivity index (χ4v) is 6.53. The summed E-state index contributed by atoms with van der Waals surface area (Å²) in [4.78, 5) is 0. The third kappa shape index (κ3) is 4.91. The third-order valence-electron chi connectivity index (χ3n) is 8.09. The minimum Gasteiger partial charge on any atom is -0.390 e. The number of hydrogen-bond acceptors (Lipinski definition) is 3. The quantitative estimate of drug-likeness (QED) is 0.588. The van der Waals surface area contributed by atoms with Crippen molar-refractivity contribution in [3.63, 3.8) is 0 Å². The monoisotopic (exact) mass is 390 g/mol. The van der Waals surface area contributed by atoms with Gasteiger partial charge in [-0.05, 0) is 88.4 Å². The molecule has 0 bridgehead atoms. The smallest absolute Gasteiger partial charge is 0.0839 e. The van der Waals surface area contributed by atoms with Crippen LogP contribution >= 0.6 is 0 Å². The van der Waals surface area contributed by atoms with Gasteiger partial charge in [0.2, 0.25) is 0 Å². The third-order valence-corrected chi connectivity index (χ3v) is 8.09. The Kier molecular flexibility index (Phi) is 6.79. The minimum atomic E-state index is -0.582. The van der Waals surface area contributed by atoms with Crippen molar-refractivity contribution < 1.29 is 15.3 Å². The summed E-state index contributed by atoms with van der Waals surface area (Å²) in [6, 6.07) is 0. The molecule has 0 aromatic carbocycles. The molecule has 3 aliphatic carbocycles.